The zero-order valence-electron chi connectivity index (χ0n) is 13.5. The van der Waals surface area contributed by atoms with Gasteiger partial charge >= 0.3 is 5.97 Å². The summed E-state index contributed by atoms with van der Waals surface area (Å²) in [4.78, 5) is 23.8. The third kappa shape index (κ3) is 5.22. The van der Waals surface area contributed by atoms with Gasteiger partial charge in [0.15, 0.2) is 0 Å². The van der Waals surface area contributed by atoms with Crippen LogP contribution in [-0.4, -0.2) is 24.0 Å². The van der Waals surface area contributed by atoms with Crippen molar-refractivity contribution in [2.75, 3.05) is 6.61 Å². The molecule has 1 saturated carbocycles. The number of ether oxygens (including phenoxy) is 1. The molecule has 23 heavy (non-hydrogen) atoms. The number of nitrogens with one attached hydrogen (secondary N) is 1. The molecule has 3 N–H and O–H groups in total. The average molecular weight is 341 g/mol. The Hall–Kier alpha value is -1.59. The van der Waals surface area contributed by atoms with Crippen LogP contribution in [0.15, 0.2) is 24.3 Å². The van der Waals surface area contributed by atoms with Crippen LogP contribution in [0.5, 0.6) is 0 Å². The molecule has 0 aromatic heterocycles. The number of nitrogens with two attached hydrogens (primary N) is 1. The van der Waals surface area contributed by atoms with Crippen LogP contribution >= 0.6 is 12.4 Å². The zero-order chi connectivity index (χ0) is 16.0. The van der Waals surface area contributed by atoms with Gasteiger partial charge in [-0.05, 0) is 37.5 Å². The minimum atomic E-state index is -0.719. The van der Waals surface area contributed by atoms with Crippen LogP contribution in [0.2, 0.25) is 0 Å². The van der Waals surface area contributed by atoms with Crippen molar-refractivity contribution in [1.82, 2.24) is 5.32 Å². The van der Waals surface area contributed by atoms with Crippen LogP contribution in [0.1, 0.15) is 54.9 Å². The van der Waals surface area contributed by atoms with E-state index in [-0.39, 0.29) is 24.3 Å². The van der Waals surface area contributed by atoms with Crippen molar-refractivity contribution in [3.05, 3.63) is 35.4 Å². The predicted molar refractivity (Wildman–Crippen MR) is 91.5 cm³/mol. The van der Waals surface area contributed by atoms with Crippen molar-refractivity contribution >= 4 is 24.3 Å². The number of hydrogen-bond acceptors (Lipinski definition) is 4. The molecule has 0 aliphatic heterocycles. The van der Waals surface area contributed by atoms with E-state index in [9.17, 15) is 9.59 Å². The Kier molecular flexibility index (Phi) is 7.52. The Bertz CT molecular complexity index is 525. The van der Waals surface area contributed by atoms with E-state index in [2.05, 4.69) is 5.32 Å². The van der Waals surface area contributed by atoms with Gasteiger partial charge in [0.1, 0.15) is 0 Å². The second-order valence-corrected chi connectivity index (χ2v) is 5.82. The standard InChI is InChI=1S/C17H24N2O3.ClH/c1-2-22-15(20)14-8-6-13(7-9-14)12-19-16(21)17(18)10-4-3-5-11-17;/h6-9H,2-5,10-12,18H2,1H3,(H,19,21);1H. The summed E-state index contributed by atoms with van der Waals surface area (Å²) in [6.45, 7) is 2.55. The number of carbonyl (C=O) groups is 2. The number of halogens is 1. The first-order valence-corrected chi connectivity index (χ1v) is 7.88. The SMILES string of the molecule is CCOC(=O)c1ccc(CNC(=O)C2(N)CCCCC2)cc1.Cl. The third-order valence-electron chi connectivity index (χ3n) is 4.12. The number of carbonyl (C=O) groups excluding carboxylic acids is 2. The second kappa shape index (κ2) is 8.89. The first-order valence-electron chi connectivity index (χ1n) is 7.88. The lowest BCUT2D eigenvalue weighted by atomic mass is 9.82. The summed E-state index contributed by atoms with van der Waals surface area (Å²) in [6, 6.07) is 7.05. The minimum Gasteiger partial charge on any atom is -0.462 e. The fourth-order valence-electron chi connectivity index (χ4n) is 2.74. The molecular weight excluding hydrogens is 316 g/mol. The average Bonchev–Trinajstić information content (AvgIpc) is 2.54. The molecule has 0 heterocycles. The molecule has 0 bridgehead atoms. The highest BCUT2D eigenvalue weighted by atomic mass is 35.5. The lowest BCUT2D eigenvalue weighted by Gasteiger charge is -2.31. The number of esters is 1. The summed E-state index contributed by atoms with van der Waals surface area (Å²) in [6.07, 6.45) is 4.68. The van der Waals surface area contributed by atoms with Crippen LogP contribution < -0.4 is 11.1 Å². The van der Waals surface area contributed by atoms with Crippen molar-refractivity contribution in [1.29, 1.82) is 0 Å². The fraction of sp³-hybridized carbons (Fsp3) is 0.529. The molecule has 0 saturated heterocycles. The lowest BCUT2D eigenvalue weighted by Crippen LogP contribution is -2.54. The minimum absolute atomic E-state index is 0. The van der Waals surface area contributed by atoms with Crippen molar-refractivity contribution in [3.8, 4) is 0 Å². The Balaban J connectivity index is 0.00000264. The summed E-state index contributed by atoms with van der Waals surface area (Å²) in [5, 5.41) is 2.90. The first-order chi connectivity index (χ1) is 10.5. The molecule has 0 spiro atoms. The Morgan fingerprint density at radius 3 is 2.35 bits per heavy atom. The van der Waals surface area contributed by atoms with E-state index in [0.717, 1.165) is 37.7 Å². The van der Waals surface area contributed by atoms with Crippen LogP contribution in [0.3, 0.4) is 0 Å². The molecule has 1 aliphatic carbocycles. The van der Waals surface area contributed by atoms with Crippen molar-refractivity contribution < 1.29 is 14.3 Å². The molecule has 0 radical (unpaired) electrons. The maximum atomic E-state index is 12.2. The van der Waals surface area contributed by atoms with Crippen molar-refractivity contribution in [3.63, 3.8) is 0 Å². The first kappa shape index (κ1) is 19.5. The summed E-state index contributed by atoms with van der Waals surface area (Å²) >= 11 is 0. The van der Waals surface area contributed by atoms with Gasteiger partial charge < -0.3 is 15.8 Å². The van der Waals surface area contributed by atoms with Crippen molar-refractivity contribution in [2.45, 2.75) is 51.1 Å². The van der Waals surface area contributed by atoms with E-state index < -0.39 is 5.54 Å². The fourth-order valence-corrected chi connectivity index (χ4v) is 2.74. The molecule has 2 rings (SSSR count). The van der Waals surface area contributed by atoms with E-state index in [1.807, 2.05) is 12.1 Å². The molecule has 1 fully saturated rings. The Morgan fingerprint density at radius 2 is 1.78 bits per heavy atom. The maximum Gasteiger partial charge on any atom is 0.338 e. The molecule has 1 aromatic carbocycles. The van der Waals surface area contributed by atoms with Crippen LogP contribution in [0, 0.1) is 0 Å². The number of rotatable bonds is 5. The Morgan fingerprint density at radius 1 is 1.17 bits per heavy atom. The molecule has 128 valence electrons. The lowest BCUT2D eigenvalue weighted by molar-refractivity contribution is -0.127. The van der Waals surface area contributed by atoms with Gasteiger partial charge in [0.25, 0.3) is 0 Å². The number of amides is 1. The highest BCUT2D eigenvalue weighted by Gasteiger charge is 2.34. The van der Waals surface area contributed by atoms with Gasteiger partial charge in [0, 0.05) is 6.54 Å². The molecule has 6 heteroatoms. The number of benzene rings is 1. The molecule has 0 atom stereocenters. The molecule has 1 aromatic rings. The largest absolute Gasteiger partial charge is 0.462 e. The van der Waals surface area contributed by atoms with Gasteiger partial charge in [0.05, 0.1) is 17.7 Å². The van der Waals surface area contributed by atoms with E-state index in [1.165, 1.54) is 0 Å². The molecule has 1 aliphatic rings. The van der Waals surface area contributed by atoms with E-state index in [1.54, 1.807) is 19.1 Å². The van der Waals surface area contributed by atoms with Gasteiger partial charge in [-0.2, -0.15) is 0 Å². The quantitative estimate of drug-likeness (QED) is 0.807. The van der Waals surface area contributed by atoms with Crippen LogP contribution in [-0.2, 0) is 16.1 Å². The van der Waals surface area contributed by atoms with Gasteiger partial charge in [-0.1, -0.05) is 31.4 Å². The van der Waals surface area contributed by atoms with Crippen molar-refractivity contribution in [2.24, 2.45) is 5.73 Å². The van der Waals surface area contributed by atoms with E-state index >= 15 is 0 Å². The topological polar surface area (TPSA) is 81.4 Å². The summed E-state index contributed by atoms with van der Waals surface area (Å²) < 4.78 is 4.93. The molecule has 5 nitrogen and oxygen atoms in total. The van der Waals surface area contributed by atoms with Gasteiger partial charge in [-0.25, -0.2) is 4.79 Å². The predicted octanol–water partition coefficient (Wildman–Crippen LogP) is 2.56. The highest BCUT2D eigenvalue weighted by molar-refractivity contribution is 5.89. The van der Waals surface area contributed by atoms with E-state index in [0.29, 0.717) is 18.7 Å². The normalized spacial score (nSPS) is 16.1. The maximum absolute atomic E-state index is 12.2. The monoisotopic (exact) mass is 340 g/mol. The summed E-state index contributed by atoms with van der Waals surface area (Å²) in [5.74, 6) is -0.414. The van der Waals surface area contributed by atoms with Crippen LogP contribution in [0.25, 0.3) is 0 Å². The van der Waals surface area contributed by atoms with Crippen LogP contribution in [0.4, 0.5) is 0 Å². The third-order valence-corrected chi connectivity index (χ3v) is 4.12. The molecule has 0 unspecified atom stereocenters. The zero-order valence-corrected chi connectivity index (χ0v) is 14.3. The Labute approximate surface area is 143 Å². The van der Waals surface area contributed by atoms with Gasteiger partial charge in [0.2, 0.25) is 5.91 Å². The van der Waals surface area contributed by atoms with Gasteiger partial charge in [-0.3, -0.25) is 4.79 Å². The van der Waals surface area contributed by atoms with Gasteiger partial charge in [-0.15, -0.1) is 12.4 Å². The number of hydrogen-bond donors (Lipinski definition) is 2. The highest BCUT2D eigenvalue weighted by Crippen LogP contribution is 2.26. The molecular formula is C17H25ClN2O3. The molecule has 1 amide bonds. The van der Waals surface area contributed by atoms with E-state index in [4.69, 9.17) is 10.5 Å². The summed E-state index contributed by atoms with van der Waals surface area (Å²) in [5.41, 5.74) is 6.92. The summed E-state index contributed by atoms with van der Waals surface area (Å²) in [7, 11) is 0. The second-order valence-electron chi connectivity index (χ2n) is 5.82. The smallest absolute Gasteiger partial charge is 0.338 e.